The number of likely N-dealkylation sites (tertiary alicyclic amines) is 1. The first kappa shape index (κ1) is 24.2. The number of carbonyl (C=O) groups excluding carboxylic acids is 2. The molecule has 0 saturated carbocycles. The van der Waals surface area contributed by atoms with Gasteiger partial charge < -0.3 is 14.9 Å². The quantitative estimate of drug-likeness (QED) is 0.740. The van der Waals surface area contributed by atoms with Gasteiger partial charge >= 0.3 is 12.1 Å². The Kier molecular flexibility index (Phi) is 7.04. The molecule has 12 heteroatoms. The molecule has 4 rings (SSSR count). The van der Waals surface area contributed by atoms with Crippen LogP contribution < -0.4 is 4.90 Å². The van der Waals surface area contributed by atoms with Gasteiger partial charge in [-0.2, -0.15) is 18.3 Å². The molecule has 0 aliphatic carbocycles. The standard InChI is InChI=1S/C19H23N5O2.C2HF3O2/c1-22-10-5-15(21-22)12-17(25)23-9-3-6-19(14-23)7-11-24(18(19)26)16-4-2-8-20-13-16;3-2(4,5)1(6)7/h2,4-5,8,10,13H,3,6-7,9,11-12,14H2,1H3;(H,6,7). The number of carbonyl (C=O) groups is 3. The maximum absolute atomic E-state index is 13.2. The summed E-state index contributed by atoms with van der Waals surface area (Å²) >= 11 is 0. The lowest BCUT2D eigenvalue weighted by molar-refractivity contribution is -0.192. The number of rotatable bonds is 3. The van der Waals surface area contributed by atoms with Crippen molar-refractivity contribution in [3.05, 3.63) is 42.5 Å². The monoisotopic (exact) mass is 467 g/mol. The first-order valence-electron chi connectivity index (χ1n) is 10.3. The number of pyridine rings is 1. The largest absolute Gasteiger partial charge is 0.490 e. The lowest BCUT2D eigenvalue weighted by Gasteiger charge is -2.39. The van der Waals surface area contributed by atoms with E-state index < -0.39 is 17.6 Å². The van der Waals surface area contributed by atoms with Crippen LogP contribution in [0.1, 0.15) is 25.0 Å². The fourth-order valence-electron chi connectivity index (χ4n) is 4.13. The molecule has 2 amide bonds. The minimum atomic E-state index is -5.08. The molecule has 178 valence electrons. The van der Waals surface area contributed by atoms with E-state index in [0.29, 0.717) is 19.6 Å². The summed E-state index contributed by atoms with van der Waals surface area (Å²) < 4.78 is 33.4. The van der Waals surface area contributed by atoms with Gasteiger partial charge in [0.1, 0.15) is 0 Å². The third kappa shape index (κ3) is 5.68. The van der Waals surface area contributed by atoms with Crippen molar-refractivity contribution in [3.63, 3.8) is 0 Å². The molecule has 2 aromatic heterocycles. The second kappa shape index (κ2) is 9.59. The summed E-state index contributed by atoms with van der Waals surface area (Å²) in [7, 11) is 1.84. The van der Waals surface area contributed by atoms with Crippen molar-refractivity contribution >= 4 is 23.5 Å². The lowest BCUT2D eigenvalue weighted by atomic mass is 9.78. The molecule has 2 aliphatic rings. The summed E-state index contributed by atoms with van der Waals surface area (Å²) in [6, 6.07) is 5.62. The number of piperidine rings is 1. The second-order valence-corrected chi connectivity index (χ2v) is 8.08. The van der Waals surface area contributed by atoms with E-state index in [0.717, 1.165) is 30.6 Å². The van der Waals surface area contributed by atoms with Gasteiger partial charge in [-0.3, -0.25) is 19.3 Å². The Labute approximate surface area is 187 Å². The predicted octanol–water partition coefficient (Wildman–Crippen LogP) is 2.04. The smallest absolute Gasteiger partial charge is 0.475 e. The highest BCUT2D eigenvalue weighted by atomic mass is 19.4. The van der Waals surface area contributed by atoms with Gasteiger partial charge in [-0.25, -0.2) is 4.79 Å². The molecule has 9 nitrogen and oxygen atoms in total. The van der Waals surface area contributed by atoms with Crippen molar-refractivity contribution in [1.82, 2.24) is 19.7 Å². The SMILES string of the molecule is Cn1ccc(CC(=O)N2CCCC3(CCN(c4cccnc4)C3=O)C2)n1.O=C(O)C(F)(F)F. The molecular formula is C21H24F3N5O4. The third-order valence-electron chi connectivity index (χ3n) is 5.74. The van der Waals surface area contributed by atoms with Crippen LogP contribution >= 0.6 is 0 Å². The number of aromatic nitrogens is 3. The maximum Gasteiger partial charge on any atom is 0.490 e. The van der Waals surface area contributed by atoms with Crippen molar-refractivity contribution in [3.8, 4) is 0 Å². The number of aliphatic carboxylic acids is 1. The topological polar surface area (TPSA) is 109 Å². The molecule has 1 unspecified atom stereocenters. The van der Waals surface area contributed by atoms with Crippen molar-refractivity contribution in [2.75, 3.05) is 24.5 Å². The number of carboxylic acids is 1. The van der Waals surface area contributed by atoms with Crippen LogP contribution in [0, 0.1) is 5.41 Å². The molecular weight excluding hydrogens is 443 g/mol. The number of amides is 2. The minimum Gasteiger partial charge on any atom is -0.475 e. The molecule has 1 atom stereocenters. The van der Waals surface area contributed by atoms with Crippen LogP contribution in [0.15, 0.2) is 36.8 Å². The Morgan fingerprint density at radius 2 is 1.94 bits per heavy atom. The van der Waals surface area contributed by atoms with Crippen molar-refractivity contribution in [2.24, 2.45) is 12.5 Å². The van der Waals surface area contributed by atoms with Crippen LogP contribution in [0.4, 0.5) is 18.9 Å². The number of alkyl halides is 3. The van der Waals surface area contributed by atoms with Gasteiger partial charge in [-0.15, -0.1) is 0 Å². The van der Waals surface area contributed by atoms with E-state index in [1.165, 1.54) is 0 Å². The zero-order valence-corrected chi connectivity index (χ0v) is 18.0. The minimum absolute atomic E-state index is 0.0513. The lowest BCUT2D eigenvalue weighted by Crippen LogP contribution is -2.50. The fraction of sp³-hybridized carbons (Fsp3) is 0.476. The summed E-state index contributed by atoms with van der Waals surface area (Å²) in [4.78, 5) is 42.6. The molecule has 0 aromatic carbocycles. The second-order valence-electron chi connectivity index (χ2n) is 8.08. The zero-order chi connectivity index (χ0) is 24.2. The number of anilines is 1. The number of aryl methyl sites for hydroxylation is 1. The predicted molar refractivity (Wildman–Crippen MR) is 110 cm³/mol. The van der Waals surface area contributed by atoms with Crippen molar-refractivity contribution in [2.45, 2.75) is 31.9 Å². The third-order valence-corrected chi connectivity index (χ3v) is 5.74. The van der Waals surface area contributed by atoms with E-state index in [1.807, 2.05) is 41.2 Å². The Balaban J connectivity index is 0.000000383. The first-order valence-corrected chi connectivity index (χ1v) is 10.3. The molecule has 4 heterocycles. The summed E-state index contributed by atoms with van der Waals surface area (Å²) in [5.41, 5.74) is 1.16. The molecule has 2 fully saturated rings. The average molecular weight is 467 g/mol. The number of hydrogen-bond acceptors (Lipinski definition) is 5. The number of nitrogens with zero attached hydrogens (tertiary/aromatic N) is 5. The van der Waals surface area contributed by atoms with Crippen molar-refractivity contribution < 1.29 is 32.7 Å². The van der Waals surface area contributed by atoms with E-state index in [9.17, 15) is 22.8 Å². The van der Waals surface area contributed by atoms with Crippen LogP contribution in [0.25, 0.3) is 0 Å². The van der Waals surface area contributed by atoms with Crippen LogP contribution in [0.5, 0.6) is 0 Å². The van der Waals surface area contributed by atoms with E-state index in [1.54, 1.807) is 17.1 Å². The highest BCUT2D eigenvalue weighted by Crippen LogP contribution is 2.41. The van der Waals surface area contributed by atoms with Gasteiger partial charge in [-0.05, 0) is 37.5 Å². The summed E-state index contributed by atoms with van der Waals surface area (Å²) in [6.45, 7) is 1.91. The molecule has 2 aliphatic heterocycles. The van der Waals surface area contributed by atoms with Gasteiger partial charge in [-0.1, -0.05) is 0 Å². The van der Waals surface area contributed by atoms with E-state index in [2.05, 4.69) is 10.1 Å². The summed E-state index contributed by atoms with van der Waals surface area (Å²) in [5.74, 6) is -2.58. The van der Waals surface area contributed by atoms with Crippen LogP contribution in [-0.4, -0.2) is 68.4 Å². The Hall–Kier alpha value is -3.44. The number of carboxylic acid groups (broad SMARTS) is 1. The van der Waals surface area contributed by atoms with Gasteiger partial charge in [0.25, 0.3) is 0 Å². The molecule has 2 aromatic rings. The molecule has 0 bridgehead atoms. The molecule has 1 N–H and O–H groups in total. The van der Waals surface area contributed by atoms with E-state index >= 15 is 0 Å². The summed E-state index contributed by atoms with van der Waals surface area (Å²) in [5, 5.41) is 11.4. The van der Waals surface area contributed by atoms with Gasteiger partial charge in [0, 0.05) is 39.1 Å². The Morgan fingerprint density at radius 1 is 1.21 bits per heavy atom. The molecule has 33 heavy (non-hydrogen) atoms. The Morgan fingerprint density at radius 3 is 2.52 bits per heavy atom. The first-order chi connectivity index (χ1) is 15.5. The highest BCUT2D eigenvalue weighted by molar-refractivity contribution is 6.00. The highest BCUT2D eigenvalue weighted by Gasteiger charge is 2.50. The van der Waals surface area contributed by atoms with Crippen molar-refractivity contribution in [1.29, 1.82) is 0 Å². The van der Waals surface area contributed by atoms with Gasteiger partial charge in [0.05, 0.1) is 29.4 Å². The molecule has 1 spiro atoms. The Bertz CT molecular complexity index is 1010. The van der Waals surface area contributed by atoms with E-state index in [4.69, 9.17) is 9.90 Å². The van der Waals surface area contributed by atoms with Crippen LogP contribution in [-0.2, 0) is 27.9 Å². The average Bonchev–Trinajstić information content (AvgIpc) is 3.31. The number of hydrogen-bond donors (Lipinski definition) is 1. The molecule has 2 saturated heterocycles. The maximum atomic E-state index is 13.2. The van der Waals surface area contributed by atoms with Crippen LogP contribution in [0.2, 0.25) is 0 Å². The van der Waals surface area contributed by atoms with E-state index in [-0.39, 0.29) is 18.2 Å². The molecule has 0 radical (unpaired) electrons. The number of halogens is 3. The normalized spacial score (nSPS) is 20.5. The summed E-state index contributed by atoms with van der Waals surface area (Å²) in [6.07, 6.45) is 2.97. The van der Waals surface area contributed by atoms with Gasteiger partial charge in [0.15, 0.2) is 0 Å². The zero-order valence-electron chi connectivity index (χ0n) is 18.0. The van der Waals surface area contributed by atoms with Crippen LogP contribution in [0.3, 0.4) is 0 Å². The fourth-order valence-corrected chi connectivity index (χ4v) is 4.13. The van der Waals surface area contributed by atoms with Gasteiger partial charge in [0.2, 0.25) is 11.8 Å².